The monoisotopic (exact) mass is 460 g/mol. The highest BCUT2D eigenvalue weighted by Gasteiger charge is 2.28. The molecule has 180 valence electrons. The van der Waals surface area contributed by atoms with E-state index in [0.717, 1.165) is 16.5 Å². The minimum atomic E-state index is -1.31. The van der Waals surface area contributed by atoms with Crippen molar-refractivity contribution in [3.63, 3.8) is 0 Å². The van der Waals surface area contributed by atoms with Crippen molar-refractivity contribution < 1.29 is 24.3 Å². The number of amides is 3. The lowest BCUT2D eigenvalue weighted by atomic mass is 10.0. The molecular formula is C22H32N6O5. The third kappa shape index (κ3) is 7.88. The Kier molecular flexibility index (Phi) is 9.83. The van der Waals surface area contributed by atoms with E-state index < -0.39 is 41.8 Å². The van der Waals surface area contributed by atoms with E-state index in [0.29, 0.717) is 19.4 Å². The number of H-pyrrole nitrogens is 1. The van der Waals surface area contributed by atoms with Gasteiger partial charge in [0.15, 0.2) is 0 Å². The molecule has 11 nitrogen and oxygen atoms in total. The molecule has 0 unspecified atom stereocenters. The number of carbonyl (C=O) groups is 4. The number of nitrogens with one attached hydrogen (secondary N) is 3. The van der Waals surface area contributed by atoms with Gasteiger partial charge in [-0.05, 0) is 50.3 Å². The van der Waals surface area contributed by atoms with Crippen molar-refractivity contribution in [3.8, 4) is 0 Å². The summed E-state index contributed by atoms with van der Waals surface area (Å²) in [6.45, 7) is 0.415. The normalized spacial score (nSPS) is 13.8. The third-order valence-corrected chi connectivity index (χ3v) is 5.33. The van der Waals surface area contributed by atoms with E-state index in [2.05, 4.69) is 15.6 Å². The predicted octanol–water partition coefficient (Wildman–Crippen LogP) is -0.514. The van der Waals surface area contributed by atoms with Crippen molar-refractivity contribution in [3.05, 3.63) is 36.0 Å². The standard InChI is InChI=1S/C22H32N6O5/c23-10-4-3-7-17(21(31)28-18(22(32)33)8-9-19(25)29)27-20(30)15(24)11-13-12-26-16-6-2-1-5-14(13)16/h1-2,5-6,12,15,17-18,26H,3-4,7-11,23-24H2,(H2,25,29)(H,27,30)(H,28,31)(H,32,33)/t15-,17-,18-/m0/s1. The molecule has 33 heavy (non-hydrogen) atoms. The molecule has 3 atom stereocenters. The Morgan fingerprint density at radius 1 is 1.00 bits per heavy atom. The first kappa shape index (κ1) is 25.8. The highest BCUT2D eigenvalue weighted by Crippen LogP contribution is 2.18. The highest BCUT2D eigenvalue weighted by molar-refractivity contribution is 5.92. The summed E-state index contributed by atoms with van der Waals surface area (Å²) < 4.78 is 0. The van der Waals surface area contributed by atoms with Crippen LogP contribution < -0.4 is 27.8 Å². The van der Waals surface area contributed by atoms with E-state index in [-0.39, 0.29) is 25.7 Å². The third-order valence-electron chi connectivity index (χ3n) is 5.33. The maximum Gasteiger partial charge on any atom is 0.326 e. The number of benzene rings is 1. The summed E-state index contributed by atoms with van der Waals surface area (Å²) in [5.74, 6) is -3.17. The molecule has 3 amide bonds. The molecule has 2 aromatic rings. The number of carbonyl (C=O) groups excluding carboxylic acids is 3. The van der Waals surface area contributed by atoms with Crippen molar-refractivity contribution in [2.24, 2.45) is 17.2 Å². The van der Waals surface area contributed by atoms with Crippen molar-refractivity contribution in [1.29, 1.82) is 0 Å². The van der Waals surface area contributed by atoms with E-state index in [9.17, 15) is 24.3 Å². The number of nitrogens with two attached hydrogens (primary N) is 3. The van der Waals surface area contributed by atoms with Gasteiger partial charge in [0.1, 0.15) is 12.1 Å². The minimum Gasteiger partial charge on any atom is -0.480 e. The Morgan fingerprint density at radius 3 is 2.36 bits per heavy atom. The van der Waals surface area contributed by atoms with E-state index in [1.165, 1.54) is 0 Å². The minimum absolute atomic E-state index is 0.153. The maximum absolute atomic E-state index is 12.8. The fraction of sp³-hybridized carbons (Fsp3) is 0.455. The van der Waals surface area contributed by atoms with Crippen LogP contribution >= 0.6 is 0 Å². The molecule has 10 N–H and O–H groups in total. The van der Waals surface area contributed by atoms with Gasteiger partial charge in [0.25, 0.3) is 0 Å². The number of unbranched alkanes of at least 4 members (excludes halogenated alkanes) is 1. The Balaban J connectivity index is 2.05. The molecule has 0 bridgehead atoms. The van der Waals surface area contributed by atoms with Gasteiger partial charge in [-0.25, -0.2) is 4.79 Å². The smallest absolute Gasteiger partial charge is 0.326 e. The average molecular weight is 461 g/mol. The number of carboxylic acids is 1. The highest BCUT2D eigenvalue weighted by atomic mass is 16.4. The van der Waals surface area contributed by atoms with Gasteiger partial charge in [-0.2, -0.15) is 0 Å². The zero-order chi connectivity index (χ0) is 24.4. The topological polar surface area (TPSA) is 206 Å². The van der Waals surface area contributed by atoms with Crippen LogP contribution in [-0.4, -0.2) is 58.5 Å². The molecule has 0 saturated carbocycles. The fourth-order valence-electron chi connectivity index (χ4n) is 3.49. The van der Waals surface area contributed by atoms with Gasteiger partial charge in [-0.15, -0.1) is 0 Å². The van der Waals surface area contributed by atoms with Crippen LogP contribution in [0.2, 0.25) is 0 Å². The lowest BCUT2D eigenvalue weighted by Crippen LogP contribution is -2.54. The Bertz CT molecular complexity index is 975. The number of fused-ring (bicyclic) bond motifs is 1. The average Bonchev–Trinajstić information content (AvgIpc) is 3.18. The molecule has 1 aromatic carbocycles. The van der Waals surface area contributed by atoms with Crippen molar-refractivity contribution in [1.82, 2.24) is 15.6 Å². The SMILES string of the molecule is NCCCC[C@H](NC(=O)[C@@H](N)Cc1c[nH]c2ccccc12)C(=O)N[C@@H](CCC(N)=O)C(=O)O. The van der Waals surface area contributed by atoms with Gasteiger partial charge in [-0.3, -0.25) is 14.4 Å². The second-order valence-electron chi connectivity index (χ2n) is 7.92. The lowest BCUT2D eigenvalue weighted by molar-refractivity contribution is -0.142. The fourth-order valence-corrected chi connectivity index (χ4v) is 3.49. The van der Waals surface area contributed by atoms with Gasteiger partial charge in [-0.1, -0.05) is 18.2 Å². The molecule has 0 fully saturated rings. The van der Waals surface area contributed by atoms with E-state index >= 15 is 0 Å². The number of aromatic nitrogens is 1. The Hall–Kier alpha value is -3.44. The van der Waals surface area contributed by atoms with Crippen molar-refractivity contribution in [2.75, 3.05) is 6.54 Å². The summed E-state index contributed by atoms with van der Waals surface area (Å²) >= 11 is 0. The first-order chi connectivity index (χ1) is 15.7. The summed E-state index contributed by atoms with van der Waals surface area (Å²) in [5.41, 5.74) is 18.5. The van der Waals surface area contributed by atoms with Crippen LogP contribution in [-0.2, 0) is 25.6 Å². The first-order valence-electron chi connectivity index (χ1n) is 10.9. The van der Waals surface area contributed by atoms with Gasteiger partial charge >= 0.3 is 5.97 Å². The summed E-state index contributed by atoms with van der Waals surface area (Å²) in [7, 11) is 0. The Morgan fingerprint density at radius 2 is 1.70 bits per heavy atom. The van der Waals surface area contributed by atoms with Gasteiger partial charge in [0.2, 0.25) is 17.7 Å². The van der Waals surface area contributed by atoms with Crippen LogP contribution in [0.3, 0.4) is 0 Å². The molecule has 1 heterocycles. The molecule has 1 aromatic heterocycles. The van der Waals surface area contributed by atoms with Crippen LogP contribution in [0.4, 0.5) is 0 Å². The summed E-state index contributed by atoms with van der Waals surface area (Å²) in [6, 6.07) is 4.41. The van der Waals surface area contributed by atoms with Crippen LogP contribution in [0.5, 0.6) is 0 Å². The quantitative estimate of drug-likeness (QED) is 0.183. The van der Waals surface area contributed by atoms with E-state index in [1.54, 1.807) is 6.20 Å². The molecule has 0 spiro atoms. The number of rotatable bonds is 14. The molecule has 0 aliphatic rings. The number of aromatic amines is 1. The lowest BCUT2D eigenvalue weighted by Gasteiger charge is -2.23. The van der Waals surface area contributed by atoms with Crippen molar-refractivity contribution in [2.45, 2.75) is 56.7 Å². The molecule has 0 aliphatic heterocycles. The van der Waals surface area contributed by atoms with Gasteiger partial charge in [0.05, 0.1) is 6.04 Å². The second kappa shape index (κ2) is 12.6. The molecule has 11 heteroatoms. The number of hydrogen-bond acceptors (Lipinski definition) is 6. The van der Waals surface area contributed by atoms with Crippen LogP contribution in [0.25, 0.3) is 10.9 Å². The summed E-state index contributed by atoms with van der Waals surface area (Å²) in [5, 5.41) is 15.3. The van der Waals surface area contributed by atoms with E-state index in [1.807, 2.05) is 24.3 Å². The summed E-state index contributed by atoms with van der Waals surface area (Å²) in [6.07, 6.45) is 3.13. The molecule has 0 radical (unpaired) electrons. The van der Waals surface area contributed by atoms with Gasteiger partial charge < -0.3 is 37.9 Å². The number of aliphatic carboxylic acids is 1. The van der Waals surface area contributed by atoms with E-state index in [4.69, 9.17) is 17.2 Å². The first-order valence-corrected chi connectivity index (χ1v) is 10.9. The molecule has 0 saturated heterocycles. The van der Waals surface area contributed by atoms with Crippen molar-refractivity contribution >= 4 is 34.6 Å². The van der Waals surface area contributed by atoms with Crippen LogP contribution in [0.15, 0.2) is 30.5 Å². The number of carboxylic acid groups (broad SMARTS) is 1. The van der Waals surface area contributed by atoms with Crippen LogP contribution in [0, 0.1) is 0 Å². The zero-order valence-electron chi connectivity index (χ0n) is 18.4. The predicted molar refractivity (Wildman–Crippen MR) is 123 cm³/mol. The largest absolute Gasteiger partial charge is 0.480 e. The zero-order valence-corrected chi connectivity index (χ0v) is 18.4. The molecular weight excluding hydrogens is 428 g/mol. The Labute approximate surface area is 191 Å². The number of para-hydroxylation sites is 1. The summed E-state index contributed by atoms with van der Waals surface area (Å²) in [4.78, 5) is 51.1. The molecule has 0 aliphatic carbocycles. The number of hydrogen-bond donors (Lipinski definition) is 7. The van der Waals surface area contributed by atoms with Gasteiger partial charge in [0, 0.05) is 23.5 Å². The number of primary amides is 1. The van der Waals surface area contributed by atoms with Crippen LogP contribution in [0.1, 0.15) is 37.7 Å². The second-order valence-corrected chi connectivity index (χ2v) is 7.92. The maximum atomic E-state index is 12.8. The molecule has 2 rings (SSSR count).